The first-order valence-electron chi connectivity index (χ1n) is 25.9. The second kappa shape index (κ2) is 47.2. The summed E-state index contributed by atoms with van der Waals surface area (Å²) in [6.45, 7) is 14.2. The number of ether oxygens (including phenoxy) is 4. The number of hydrogen-bond donors (Lipinski definition) is 2. The molecule has 2 N–H and O–H groups in total. The topological polar surface area (TPSA) is 115 Å². The van der Waals surface area contributed by atoms with E-state index in [1.165, 1.54) is 103 Å². The van der Waals surface area contributed by atoms with Crippen LogP contribution in [0.2, 0.25) is 0 Å². The molecule has 0 aromatic carbocycles. The third-order valence-corrected chi connectivity index (χ3v) is 12.0. The molecule has 0 heterocycles. The zero-order valence-corrected chi connectivity index (χ0v) is 40.2. The summed E-state index contributed by atoms with van der Waals surface area (Å²) in [5.41, 5.74) is 0. The van der Waals surface area contributed by atoms with Crippen molar-refractivity contribution in [2.75, 3.05) is 65.9 Å². The van der Waals surface area contributed by atoms with E-state index in [9.17, 15) is 14.7 Å². The second-order valence-corrected chi connectivity index (χ2v) is 17.7. The largest absolute Gasteiger partial charge is 0.465 e. The normalized spacial score (nSPS) is 13.2. The highest BCUT2D eigenvalue weighted by Crippen LogP contribution is 2.22. The highest BCUT2D eigenvalue weighted by molar-refractivity contribution is 5.72. The Kier molecular flexibility index (Phi) is 46.2. The maximum absolute atomic E-state index is 13.0. The molecule has 0 saturated carbocycles. The van der Waals surface area contributed by atoms with Gasteiger partial charge < -0.3 is 34.1 Å². The van der Waals surface area contributed by atoms with Crippen molar-refractivity contribution in [1.29, 1.82) is 0 Å². The fourth-order valence-corrected chi connectivity index (χ4v) is 7.92. The van der Waals surface area contributed by atoms with Crippen LogP contribution in [0.1, 0.15) is 233 Å². The number of unbranched alkanes of at least 4 members (excludes halogenated alkanes) is 22. The van der Waals surface area contributed by atoms with Crippen LogP contribution < -0.4 is 0 Å². The van der Waals surface area contributed by atoms with E-state index in [0.717, 1.165) is 122 Å². The molecule has 0 bridgehead atoms. The molecule has 9 heteroatoms. The summed E-state index contributed by atoms with van der Waals surface area (Å²) in [6.07, 6.45) is 36.0. The van der Waals surface area contributed by atoms with Gasteiger partial charge in [-0.3, -0.25) is 9.59 Å². The third-order valence-electron chi connectivity index (χ3n) is 12.0. The van der Waals surface area contributed by atoms with E-state index in [1.807, 2.05) is 0 Å². The maximum Gasteiger partial charge on any atom is 0.308 e. The van der Waals surface area contributed by atoms with Crippen LogP contribution >= 0.6 is 0 Å². The number of aliphatic hydroxyl groups is 2. The Morgan fingerprint density at radius 3 is 1.18 bits per heavy atom. The SMILES string of the molecule is CCCCCCCCC(CCCCCC)C(=O)OCCCCCCN(CCCCCCOC(=O)C(CCCCCC)CCCCCCCC)CCOCCOCC(O)CO. The first-order chi connectivity index (χ1) is 29.4. The molecule has 0 amide bonds. The van der Waals surface area contributed by atoms with E-state index in [-0.39, 0.29) is 37.0 Å². The number of hydrogen-bond acceptors (Lipinski definition) is 9. The molecular formula is C51H101NO8. The number of nitrogens with zero attached hydrogens (tertiary/aromatic N) is 1. The minimum atomic E-state index is -0.848. The number of carbonyl (C=O) groups is 2. The molecule has 0 aromatic rings. The molecule has 0 aromatic heterocycles. The molecule has 0 fully saturated rings. The zero-order valence-electron chi connectivity index (χ0n) is 40.2. The van der Waals surface area contributed by atoms with Crippen molar-refractivity contribution < 1.29 is 38.7 Å². The Hall–Kier alpha value is -1.26. The number of aliphatic hydroxyl groups excluding tert-OH is 2. The summed E-state index contributed by atoms with van der Waals surface area (Å²) in [6, 6.07) is 0. The molecule has 0 aliphatic rings. The van der Waals surface area contributed by atoms with Crippen LogP contribution in [-0.2, 0) is 28.5 Å². The molecule has 3 atom stereocenters. The average Bonchev–Trinajstić information content (AvgIpc) is 3.25. The maximum atomic E-state index is 13.0. The summed E-state index contributed by atoms with van der Waals surface area (Å²) in [7, 11) is 0. The fourth-order valence-electron chi connectivity index (χ4n) is 7.92. The van der Waals surface area contributed by atoms with Crippen LogP contribution in [0.4, 0.5) is 0 Å². The molecule has 9 nitrogen and oxygen atoms in total. The smallest absolute Gasteiger partial charge is 0.308 e. The van der Waals surface area contributed by atoms with Gasteiger partial charge in [0.05, 0.1) is 58.1 Å². The van der Waals surface area contributed by atoms with Gasteiger partial charge in [-0.2, -0.15) is 0 Å². The minimum Gasteiger partial charge on any atom is -0.465 e. The number of rotatable bonds is 49. The average molecular weight is 856 g/mol. The van der Waals surface area contributed by atoms with E-state index in [2.05, 4.69) is 32.6 Å². The van der Waals surface area contributed by atoms with E-state index in [0.29, 0.717) is 33.0 Å². The Morgan fingerprint density at radius 1 is 0.417 bits per heavy atom. The van der Waals surface area contributed by atoms with E-state index in [4.69, 9.17) is 24.1 Å². The highest BCUT2D eigenvalue weighted by atomic mass is 16.5. The van der Waals surface area contributed by atoms with Crippen molar-refractivity contribution in [2.24, 2.45) is 11.8 Å². The fraction of sp³-hybridized carbons (Fsp3) is 0.961. The lowest BCUT2D eigenvalue weighted by Gasteiger charge is -2.22. The summed E-state index contributed by atoms with van der Waals surface area (Å²) in [5.74, 6) is 0.194. The van der Waals surface area contributed by atoms with Gasteiger partial charge in [0.15, 0.2) is 0 Å². The van der Waals surface area contributed by atoms with E-state index < -0.39 is 6.10 Å². The van der Waals surface area contributed by atoms with Gasteiger partial charge in [-0.25, -0.2) is 0 Å². The van der Waals surface area contributed by atoms with Gasteiger partial charge in [0.25, 0.3) is 0 Å². The lowest BCUT2D eigenvalue weighted by Crippen LogP contribution is -2.30. The van der Waals surface area contributed by atoms with Crippen molar-refractivity contribution in [1.82, 2.24) is 4.90 Å². The molecule has 0 spiro atoms. The lowest BCUT2D eigenvalue weighted by atomic mass is 9.94. The molecular weight excluding hydrogens is 755 g/mol. The standard InChI is InChI=1S/C51H101NO8/c1-5-9-13-17-19-27-35-47(33-25-15-11-7-3)50(55)59-40-31-23-21-29-37-52(39-42-57-43-44-58-46-49(54)45-53)38-30-22-24-32-41-60-51(56)48(34-26-16-12-8-4)36-28-20-18-14-10-6-2/h47-49,53-54H,5-46H2,1-4H3. The lowest BCUT2D eigenvalue weighted by molar-refractivity contribution is -0.150. The third kappa shape index (κ3) is 39.6. The number of esters is 2. The molecule has 0 saturated heterocycles. The summed E-state index contributed by atoms with van der Waals surface area (Å²) in [5, 5.41) is 18.4. The van der Waals surface area contributed by atoms with Gasteiger partial charge in [0.2, 0.25) is 0 Å². The summed E-state index contributed by atoms with van der Waals surface area (Å²) in [4.78, 5) is 28.6. The first-order valence-corrected chi connectivity index (χ1v) is 25.9. The minimum absolute atomic E-state index is 0.0323. The zero-order chi connectivity index (χ0) is 44.0. The molecule has 358 valence electrons. The predicted octanol–water partition coefficient (Wildman–Crippen LogP) is 12.6. The molecule has 0 rings (SSSR count). The summed E-state index contributed by atoms with van der Waals surface area (Å²) >= 11 is 0. The molecule has 0 aliphatic carbocycles. The van der Waals surface area contributed by atoms with Crippen molar-refractivity contribution in [3.63, 3.8) is 0 Å². The Balaban J connectivity index is 4.65. The van der Waals surface area contributed by atoms with Crippen molar-refractivity contribution in [3.05, 3.63) is 0 Å². The van der Waals surface area contributed by atoms with Gasteiger partial charge in [-0.05, 0) is 64.5 Å². The monoisotopic (exact) mass is 856 g/mol. The highest BCUT2D eigenvalue weighted by Gasteiger charge is 2.20. The van der Waals surface area contributed by atoms with E-state index in [1.54, 1.807) is 0 Å². The van der Waals surface area contributed by atoms with Gasteiger partial charge in [0, 0.05) is 6.54 Å². The molecule has 3 unspecified atom stereocenters. The van der Waals surface area contributed by atoms with Crippen LogP contribution in [0.3, 0.4) is 0 Å². The second-order valence-electron chi connectivity index (χ2n) is 17.7. The van der Waals surface area contributed by atoms with Gasteiger partial charge in [-0.1, -0.05) is 182 Å². The first kappa shape index (κ1) is 58.7. The summed E-state index contributed by atoms with van der Waals surface area (Å²) < 4.78 is 22.9. The van der Waals surface area contributed by atoms with Crippen LogP contribution in [0.25, 0.3) is 0 Å². The van der Waals surface area contributed by atoms with Crippen LogP contribution in [0.5, 0.6) is 0 Å². The molecule has 0 radical (unpaired) electrons. The van der Waals surface area contributed by atoms with Crippen LogP contribution in [0, 0.1) is 11.8 Å². The molecule has 60 heavy (non-hydrogen) atoms. The van der Waals surface area contributed by atoms with Crippen molar-refractivity contribution in [2.45, 2.75) is 239 Å². The van der Waals surface area contributed by atoms with Crippen LogP contribution in [-0.4, -0.2) is 99.0 Å². The quantitative estimate of drug-likeness (QED) is 0.0456. The van der Waals surface area contributed by atoms with Crippen molar-refractivity contribution >= 4 is 11.9 Å². The van der Waals surface area contributed by atoms with Gasteiger partial charge in [-0.15, -0.1) is 0 Å². The Labute approximate surface area is 371 Å². The van der Waals surface area contributed by atoms with Crippen LogP contribution in [0.15, 0.2) is 0 Å². The Bertz CT molecular complexity index is 833. The van der Waals surface area contributed by atoms with Gasteiger partial charge in [0.1, 0.15) is 6.10 Å². The Morgan fingerprint density at radius 2 is 0.767 bits per heavy atom. The predicted molar refractivity (Wildman–Crippen MR) is 251 cm³/mol. The van der Waals surface area contributed by atoms with E-state index >= 15 is 0 Å². The van der Waals surface area contributed by atoms with Gasteiger partial charge >= 0.3 is 11.9 Å². The van der Waals surface area contributed by atoms with Crippen molar-refractivity contribution in [3.8, 4) is 0 Å². The number of carbonyl (C=O) groups excluding carboxylic acids is 2. The molecule has 0 aliphatic heterocycles.